The van der Waals surface area contributed by atoms with Crippen molar-refractivity contribution in [2.24, 2.45) is 5.10 Å². The van der Waals surface area contributed by atoms with E-state index in [1.165, 1.54) is 5.01 Å². The molecule has 0 bridgehead atoms. The van der Waals surface area contributed by atoms with Crippen molar-refractivity contribution in [3.05, 3.63) is 35.4 Å². The molecular weight excluding hydrogens is 202 g/mol. The van der Waals surface area contributed by atoms with E-state index in [9.17, 15) is 4.79 Å². The van der Waals surface area contributed by atoms with Gasteiger partial charge in [-0.05, 0) is 24.6 Å². The number of nitrogens with zero attached hydrogens (tertiary/aromatic N) is 2. The predicted molar refractivity (Wildman–Crippen MR) is 64.7 cm³/mol. The maximum Gasteiger partial charge on any atom is 0.275 e. The number of hydrogen-bond donors (Lipinski definition) is 1. The van der Waals surface area contributed by atoms with E-state index < -0.39 is 0 Å². The lowest BCUT2D eigenvalue weighted by molar-refractivity contribution is -0.124. The minimum absolute atomic E-state index is 0.0965. The lowest BCUT2D eigenvalue weighted by Crippen LogP contribution is -2.16. The summed E-state index contributed by atoms with van der Waals surface area (Å²) in [7, 11) is 1.64. The number of rotatable bonds is 1. The maximum atomic E-state index is 11.7. The van der Waals surface area contributed by atoms with Crippen LogP contribution < -0.4 is 5.73 Å². The van der Waals surface area contributed by atoms with E-state index in [0.29, 0.717) is 11.3 Å². The van der Waals surface area contributed by atoms with Gasteiger partial charge in [0, 0.05) is 12.7 Å². The van der Waals surface area contributed by atoms with Crippen molar-refractivity contribution in [3.8, 4) is 0 Å². The van der Waals surface area contributed by atoms with Gasteiger partial charge in [-0.25, -0.2) is 5.01 Å². The Hall–Kier alpha value is -2.10. The fourth-order valence-electron chi connectivity index (χ4n) is 1.62. The smallest absolute Gasteiger partial charge is 0.275 e. The van der Waals surface area contributed by atoms with Crippen LogP contribution in [0.5, 0.6) is 0 Å². The van der Waals surface area contributed by atoms with Gasteiger partial charge in [0.15, 0.2) is 0 Å². The number of likely N-dealkylation sites (N-methyl/N-ethyl adjacent to an activating group) is 1. The van der Waals surface area contributed by atoms with E-state index in [2.05, 4.69) is 5.10 Å². The van der Waals surface area contributed by atoms with E-state index in [0.717, 1.165) is 11.3 Å². The van der Waals surface area contributed by atoms with E-state index >= 15 is 0 Å². The molecule has 0 saturated heterocycles. The molecule has 1 amide bonds. The molecule has 82 valence electrons. The highest BCUT2D eigenvalue weighted by molar-refractivity contribution is 6.26. The van der Waals surface area contributed by atoms with Crippen molar-refractivity contribution in [1.82, 2.24) is 5.01 Å². The number of carbonyl (C=O) groups excluding carboxylic acids is 1. The predicted octanol–water partition coefficient (Wildman–Crippen LogP) is 1.50. The summed E-state index contributed by atoms with van der Waals surface area (Å²) in [5.74, 6) is -0.0965. The lowest BCUT2D eigenvalue weighted by atomic mass is 10.1. The number of anilines is 1. The van der Waals surface area contributed by atoms with Crippen LogP contribution in [-0.4, -0.2) is 23.7 Å². The Morgan fingerprint density at radius 2 is 2.06 bits per heavy atom. The summed E-state index contributed by atoms with van der Waals surface area (Å²) in [6, 6.07) is 7.43. The second-order valence-corrected chi connectivity index (χ2v) is 3.70. The molecule has 0 atom stereocenters. The molecule has 1 heterocycles. The van der Waals surface area contributed by atoms with Crippen LogP contribution in [0.4, 0.5) is 5.69 Å². The molecule has 1 aromatic carbocycles. The van der Waals surface area contributed by atoms with Crippen molar-refractivity contribution < 1.29 is 4.79 Å². The van der Waals surface area contributed by atoms with E-state index in [4.69, 9.17) is 5.73 Å². The third kappa shape index (κ3) is 1.69. The number of carbonyl (C=O) groups is 1. The normalized spacial score (nSPS) is 18.1. The van der Waals surface area contributed by atoms with Gasteiger partial charge in [-0.1, -0.05) is 18.2 Å². The second-order valence-electron chi connectivity index (χ2n) is 3.70. The molecule has 1 aliphatic rings. The van der Waals surface area contributed by atoms with E-state index in [-0.39, 0.29) is 5.91 Å². The minimum Gasteiger partial charge on any atom is -0.398 e. The third-order valence-corrected chi connectivity index (χ3v) is 2.51. The zero-order chi connectivity index (χ0) is 11.7. The Morgan fingerprint density at radius 1 is 1.38 bits per heavy atom. The maximum absolute atomic E-state index is 11.7. The van der Waals surface area contributed by atoms with Gasteiger partial charge >= 0.3 is 0 Å². The molecular formula is C12H13N3O. The Morgan fingerprint density at radius 3 is 2.62 bits per heavy atom. The number of para-hydroxylation sites is 1. The molecule has 16 heavy (non-hydrogen) atoms. The van der Waals surface area contributed by atoms with Crippen LogP contribution in [0, 0.1) is 0 Å². The van der Waals surface area contributed by atoms with Gasteiger partial charge in [0.25, 0.3) is 5.91 Å². The van der Waals surface area contributed by atoms with Crippen LogP contribution in [-0.2, 0) is 4.79 Å². The van der Waals surface area contributed by atoms with Crippen molar-refractivity contribution in [2.45, 2.75) is 6.92 Å². The summed E-state index contributed by atoms with van der Waals surface area (Å²) >= 11 is 0. The highest BCUT2D eigenvalue weighted by Gasteiger charge is 2.24. The highest BCUT2D eigenvalue weighted by atomic mass is 16.2. The standard InChI is InChI=1S/C12H13N3O/c1-8-10(12(16)15(2)14-8)7-9-5-3-4-6-11(9)13/h3-7H,13H2,1-2H3/b10-7+. The van der Waals surface area contributed by atoms with Crippen LogP contribution >= 0.6 is 0 Å². The lowest BCUT2D eigenvalue weighted by Gasteiger charge is -2.03. The van der Waals surface area contributed by atoms with E-state index in [1.54, 1.807) is 13.1 Å². The summed E-state index contributed by atoms with van der Waals surface area (Å²) in [5.41, 5.74) is 8.63. The SMILES string of the molecule is CC1=NN(C)C(=O)/C1=C/c1ccccc1N. The average molecular weight is 215 g/mol. The Labute approximate surface area is 94.1 Å². The van der Waals surface area contributed by atoms with Gasteiger partial charge in [0.05, 0.1) is 11.3 Å². The quantitative estimate of drug-likeness (QED) is 0.570. The Kier molecular flexibility index (Phi) is 2.48. The molecule has 2 N–H and O–H groups in total. The van der Waals surface area contributed by atoms with Crippen molar-refractivity contribution >= 4 is 23.4 Å². The molecule has 2 rings (SSSR count). The molecule has 1 aliphatic heterocycles. The largest absolute Gasteiger partial charge is 0.398 e. The monoisotopic (exact) mass is 215 g/mol. The molecule has 0 spiro atoms. The molecule has 0 radical (unpaired) electrons. The average Bonchev–Trinajstić information content (AvgIpc) is 2.48. The number of hydrogen-bond acceptors (Lipinski definition) is 3. The first-order valence-corrected chi connectivity index (χ1v) is 4.99. The fraction of sp³-hybridized carbons (Fsp3) is 0.167. The van der Waals surface area contributed by atoms with Crippen LogP contribution in [0.1, 0.15) is 12.5 Å². The number of benzene rings is 1. The first-order chi connectivity index (χ1) is 7.59. The summed E-state index contributed by atoms with van der Waals surface area (Å²) in [4.78, 5) is 11.7. The number of amides is 1. The van der Waals surface area contributed by atoms with Gasteiger partial charge in [-0.2, -0.15) is 5.10 Å². The number of nitrogens with two attached hydrogens (primary N) is 1. The van der Waals surface area contributed by atoms with Crippen molar-refractivity contribution in [2.75, 3.05) is 12.8 Å². The van der Waals surface area contributed by atoms with E-state index in [1.807, 2.05) is 31.2 Å². The third-order valence-electron chi connectivity index (χ3n) is 2.51. The Balaban J connectivity index is 2.43. The molecule has 0 aliphatic carbocycles. The first kappa shape index (κ1) is 10.4. The van der Waals surface area contributed by atoms with Crippen LogP contribution in [0.3, 0.4) is 0 Å². The fourth-order valence-corrected chi connectivity index (χ4v) is 1.62. The Bertz CT molecular complexity index is 503. The topological polar surface area (TPSA) is 58.7 Å². The van der Waals surface area contributed by atoms with Gasteiger partial charge in [0.2, 0.25) is 0 Å². The van der Waals surface area contributed by atoms with Gasteiger partial charge in [-0.3, -0.25) is 4.79 Å². The van der Waals surface area contributed by atoms with Crippen LogP contribution in [0.2, 0.25) is 0 Å². The summed E-state index contributed by atoms with van der Waals surface area (Å²) in [6.45, 7) is 1.81. The summed E-state index contributed by atoms with van der Waals surface area (Å²) < 4.78 is 0. The molecule has 0 unspecified atom stereocenters. The summed E-state index contributed by atoms with van der Waals surface area (Å²) in [6.07, 6.45) is 1.78. The zero-order valence-corrected chi connectivity index (χ0v) is 9.27. The second kappa shape index (κ2) is 3.81. The van der Waals surface area contributed by atoms with Crippen molar-refractivity contribution in [3.63, 3.8) is 0 Å². The number of nitrogen functional groups attached to an aromatic ring is 1. The van der Waals surface area contributed by atoms with Crippen LogP contribution in [0.25, 0.3) is 6.08 Å². The van der Waals surface area contributed by atoms with Gasteiger partial charge < -0.3 is 5.73 Å². The minimum atomic E-state index is -0.0965. The molecule has 0 aromatic heterocycles. The first-order valence-electron chi connectivity index (χ1n) is 4.99. The van der Waals surface area contributed by atoms with Gasteiger partial charge in [0.1, 0.15) is 0 Å². The zero-order valence-electron chi connectivity index (χ0n) is 9.27. The highest BCUT2D eigenvalue weighted by Crippen LogP contribution is 2.20. The molecule has 4 heteroatoms. The van der Waals surface area contributed by atoms with Crippen LogP contribution in [0.15, 0.2) is 34.9 Å². The molecule has 4 nitrogen and oxygen atoms in total. The van der Waals surface area contributed by atoms with Gasteiger partial charge in [-0.15, -0.1) is 0 Å². The summed E-state index contributed by atoms with van der Waals surface area (Å²) in [5, 5.41) is 5.40. The number of hydrazone groups is 1. The molecule has 0 fully saturated rings. The molecule has 1 aromatic rings. The van der Waals surface area contributed by atoms with Crippen molar-refractivity contribution in [1.29, 1.82) is 0 Å². The molecule has 0 saturated carbocycles.